The molecule has 1 atom stereocenters. The molecule has 1 fully saturated rings. The number of nitrogens with two attached hydrogens (primary N) is 1. The monoisotopic (exact) mass is 415 g/mol. The fourth-order valence-electron chi connectivity index (χ4n) is 3.84. The Labute approximate surface area is 181 Å². The molecule has 0 saturated carbocycles. The molecule has 8 nitrogen and oxygen atoms in total. The van der Waals surface area contributed by atoms with Crippen LogP contribution in [0.5, 0.6) is 0 Å². The van der Waals surface area contributed by atoms with Gasteiger partial charge in [0.1, 0.15) is 0 Å². The molecular formula is C23H25N7O. The van der Waals surface area contributed by atoms with Crippen LogP contribution in [0, 0.1) is 6.92 Å². The van der Waals surface area contributed by atoms with E-state index < -0.39 is 6.29 Å². The summed E-state index contributed by atoms with van der Waals surface area (Å²) in [5.41, 5.74) is 10.2. The SMILES string of the molecule is Cc1ccc(N2C(N3CCOCC3)=NC(N)=NC2Nc2ccc3ncccc3c2)cc1. The van der Waals surface area contributed by atoms with Crippen LogP contribution < -0.4 is 16.0 Å². The van der Waals surface area contributed by atoms with Crippen LogP contribution in [0.4, 0.5) is 11.4 Å². The van der Waals surface area contributed by atoms with Crippen molar-refractivity contribution >= 4 is 34.2 Å². The number of aliphatic imine (C=N–C) groups is 2. The van der Waals surface area contributed by atoms with Gasteiger partial charge >= 0.3 is 0 Å². The van der Waals surface area contributed by atoms with Crippen LogP contribution in [-0.2, 0) is 4.74 Å². The lowest BCUT2D eigenvalue weighted by Crippen LogP contribution is -2.57. The fourth-order valence-corrected chi connectivity index (χ4v) is 3.84. The van der Waals surface area contributed by atoms with Crippen molar-refractivity contribution in [1.82, 2.24) is 9.88 Å². The largest absolute Gasteiger partial charge is 0.378 e. The minimum Gasteiger partial charge on any atom is -0.378 e. The number of aryl methyl sites for hydroxylation is 1. The van der Waals surface area contributed by atoms with E-state index in [1.54, 1.807) is 6.20 Å². The highest BCUT2D eigenvalue weighted by atomic mass is 16.5. The summed E-state index contributed by atoms with van der Waals surface area (Å²) < 4.78 is 5.54. The molecule has 0 radical (unpaired) electrons. The zero-order valence-corrected chi connectivity index (χ0v) is 17.4. The molecule has 3 N–H and O–H groups in total. The highest BCUT2D eigenvalue weighted by molar-refractivity contribution is 6.06. The number of hydrogen-bond acceptors (Lipinski definition) is 8. The molecule has 0 aliphatic carbocycles. The first-order valence-corrected chi connectivity index (χ1v) is 10.4. The number of ether oxygens (including phenoxy) is 1. The van der Waals surface area contributed by atoms with Gasteiger partial charge in [0.05, 0.1) is 18.7 Å². The van der Waals surface area contributed by atoms with E-state index in [1.165, 1.54) is 5.56 Å². The highest BCUT2D eigenvalue weighted by Crippen LogP contribution is 2.26. The molecule has 8 heteroatoms. The first-order chi connectivity index (χ1) is 15.2. The molecule has 1 aromatic heterocycles. The number of fused-ring (bicyclic) bond motifs is 1. The van der Waals surface area contributed by atoms with Gasteiger partial charge in [-0.15, -0.1) is 0 Å². The number of anilines is 2. The maximum absolute atomic E-state index is 6.16. The van der Waals surface area contributed by atoms with E-state index in [-0.39, 0.29) is 5.96 Å². The zero-order chi connectivity index (χ0) is 21.2. The molecule has 158 valence electrons. The Bertz CT molecular complexity index is 1140. The van der Waals surface area contributed by atoms with Crippen molar-refractivity contribution in [2.45, 2.75) is 13.2 Å². The topological polar surface area (TPSA) is 91.4 Å². The van der Waals surface area contributed by atoms with Crippen molar-refractivity contribution in [2.24, 2.45) is 15.7 Å². The van der Waals surface area contributed by atoms with Crippen molar-refractivity contribution in [3.05, 3.63) is 66.4 Å². The molecule has 2 aromatic carbocycles. The number of rotatable bonds is 3. The number of morpholine rings is 1. The Kier molecular flexibility index (Phi) is 5.13. The number of nitrogens with one attached hydrogen (secondary N) is 1. The third-order valence-electron chi connectivity index (χ3n) is 5.43. The number of nitrogens with zero attached hydrogens (tertiary/aromatic N) is 5. The normalized spacial score (nSPS) is 19.2. The van der Waals surface area contributed by atoms with Crippen LogP contribution in [0.1, 0.15) is 5.56 Å². The van der Waals surface area contributed by atoms with E-state index in [9.17, 15) is 0 Å². The fraction of sp³-hybridized carbons (Fsp3) is 0.261. The van der Waals surface area contributed by atoms with Gasteiger partial charge in [0, 0.05) is 36.0 Å². The summed E-state index contributed by atoms with van der Waals surface area (Å²) in [5.74, 6) is 1.03. The number of pyridine rings is 1. The molecule has 2 aliphatic heterocycles. The van der Waals surface area contributed by atoms with Gasteiger partial charge in [-0.25, -0.2) is 4.99 Å². The van der Waals surface area contributed by atoms with Gasteiger partial charge < -0.3 is 20.7 Å². The molecule has 3 heterocycles. The second-order valence-corrected chi connectivity index (χ2v) is 7.63. The first-order valence-electron chi connectivity index (χ1n) is 10.4. The lowest BCUT2D eigenvalue weighted by atomic mass is 10.2. The van der Waals surface area contributed by atoms with E-state index in [2.05, 4.69) is 67.3 Å². The van der Waals surface area contributed by atoms with E-state index in [4.69, 9.17) is 10.5 Å². The van der Waals surface area contributed by atoms with Gasteiger partial charge in [-0.05, 0) is 43.3 Å². The molecule has 1 saturated heterocycles. The van der Waals surface area contributed by atoms with Gasteiger partial charge in [-0.2, -0.15) is 4.99 Å². The predicted octanol–water partition coefficient (Wildman–Crippen LogP) is 2.76. The summed E-state index contributed by atoms with van der Waals surface area (Å²) >= 11 is 0. The molecular weight excluding hydrogens is 390 g/mol. The Morgan fingerprint density at radius 2 is 1.87 bits per heavy atom. The first kappa shape index (κ1) is 19.3. The number of hydrogen-bond donors (Lipinski definition) is 2. The molecule has 5 rings (SSSR count). The van der Waals surface area contributed by atoms with Crippen molar-refractivity contribution in [3.63, 3.8) is 0 Å². The molecule has 0 amide bonds. The molecule has 2 aliphatic rings. The molecule has 1 unspecified atom stereocenters. The number of benzene rings is 2. The summed E-state index contributed by atoms with van der Waals surface area (Å²) in [6.07, 6.45) is 1.36. The minimum atomic E-state index is -0.438. The smallest absolute Gasteiger partial charge is 0.222 e. The molecule has 3 aromatic rings. The predicted molar refractivity (Wildman–Crippen MR) is 124 cm³/mol. The van der Waals surface area contributed by atoms with Crippen molar-refractivity contribution < 1.29 is 4.74 Å². The van der Waals surface area contributed by atoms with Crippen LogP contribution in [0.3, 0.4) is 0 Å². The summed E-state index contributed by atoms with van der Waals surface area (Å²) in [7, 11) is 0. The maximum Gasteiger partial charge on any atom is 0.222 e. The molecule has 31 heavy (non-hydrogen) atoms. The van der Waals surface area contributed by atoms with Gasteiger partial charge in [-0.3, -0.25) is 9.88 Å². The maximum atomic E-state index is 6.16. The van der Waals surface area contributed by atoms with Gasteiger partial charge in [0.15, 0.2) is 0 Å². The Morgan fingerprint density at radius 1 is 1.06 bits per heavy atom. The van der Waals surface area contributed by atoms with Crippen LogP contribution >= 0.6 is 0 Å². The second-order valence-electron chi connectivity index (χ2n) is 7.63. The number of guanidine groups is 2. The summed E-state index contributed by atoms with van der Waals surface area (Å²) in [4.78, 5) is 17.9. The van der Waals surface area contributed by atoms with Crippen LogP contribution in [0.25, 0.3) is 10.9 Å². The average molecular weight is 416 g/mol. The van der Waals surface area contributed by atoms with Gasteiger partial charge in [0.2, 0.25) is 18.2 Å². The molecule has 0 bridgehead atoms. The minimum absolute atomic E-state index is 0.254. The van der Waals surface area contributed by atoms with Crippen LogP contribution in [-0.4, -0.2) is 54.4 Å². The Morgan fingerprint density at radius 3 is 2.68 bits per heavy atom. The van der Waals surface area contributed by atoms with E-state index >= 15 is 0 Å². The highest BCUT2D eigenvalue weighted by Gasteiger charge is 2.32. The third kappa shape index (κ3) is 4.02. The van der Waals surface area contributed by atoms with E-state index in [0.29, 0.717) is 13.2 Å². The van der Waals surface area contributed by atoms with Crippen molar-refractivity contribution in [1.29, 1.82) is 0 Å². The van der Waals surface area contributed by atoms with Crippen molar-refractivity contribution in [3.8, 4) is 0 Å². The van der Waals surface area contributed by atoms with Gasteiger partial charge in [0.25, 0.3) is 0 Å². The quantitative estimate of drug-likeness (QED) is 0.684. The standard InChI is InChI=1S/C23H25N7O/c1-16-4-7-19(8-5-16)30-22(26-18-6-9-20-17(15-18)3-2-10-25-20)27-21(24)28-23(30)29-11-13-31-14-12-29/h2-10,15,22,26H,11-14H2,1H3,(H2,24,27). The molecule has 0 spiro atoms. The van der Waals surface area contributed by atoms with E-state index in [0.717, 1.165) is 41.3 Å². The second kappa shape index (κ2) is 8.23. The zero-order valence-electron chi connectivity index (χ0n) is 17.4. The third-order valence-corrected chi connectivity index (χ3v) is 5.43. The summed E-state index contributed by atoms with van der Waals surface area (Å²) in [6.45, 7) is 4.90. The number of aromatic nitrogens is 1. The van der Waals surface area contributed by atoms with Crippen LogP contribution in [0.2, 0.25) is 0 Å². The summed E-state index contributed by atoms with van der Waals surface area (Å²) in [6, 6.07) is 18.4. The van der Waals surface area contributed by atoms with Crippen LogP contribution in [0.15, 0.2) is 70.8 Å². The van der Waals surface area contributed by atoms with Gasteiger partial charge in [-0.1, -0.05) is 23.8 Å². The Balaban J connectivity index is 1.52. The Hall–Kier alpha value is -3.65. The average Bonchev–Trinajstić information content (AvgIpc) is 2.80. The lowest BCUT2D eigenvalue weighted by molar-refractivity contribution is 0.0671. The van der Waals surface area contributed by atoms with E-state index in [1.807, 2.05) is 24.3 Å². The summed E-state index contributed by atoms with van der Waals surface area (Å²) in [5, 5.41) is 4.59. The van der Waals surface area contributed by atoms with Crippen molar-refractivity contribution in [2.75, 3.05) is 36.5 Å². The lowest BCUT2D eigenvalue weighted by Gasteiger charge is -2.41.